The molecule has 0 unspecified atom stereocenters. The molecule has 1 fully saturated rings. The van der Waals surface area contributed by atoms with Gasteiger partial charge in [0.15, 0.2) is 0 Å². The van der Waals surface area contributed by atoms with E-state index < -0.39 is 11.9 Å². The molecule has 1 aliphatic rings. The molecule has 2 atom stereocenters. The Balaban J connectivity index is 0.00000128. The van der Waals surface area contributed by atoms with E-state index in [-0.39, 0.29) is 24.1 Å². The highest BCUT2D eigenvalue weighted by molar-refractivity contribution is 5.85. The van der Waals surface area contributed by atoms with E-state index in [0.29, 0.717) is 13.1 Å². The first-order valence-corrected chi connectivity index (χ1v) is 4.87. The van der Waals surface area contributed by atoms with Crippen LogP contribution in [0.15, 0.2) is 24.3 Å². The third kappa shape index (κ3) is 2.51. The fourth-order valence-corrected chi connectivity index (χ4v) is 2.00. The number of aliphatic carboxylic acids is 1. The van der Waals surface area contributed by atoms with Crippen LogP contribution in [-0.4, -0.2) is 24.2 Å². The highest BCUT2D eigenvalue weighted by Crippen LogP contribution is 2.28. The molecule has 5 heteroatoms. The van der Waals surface area contributed by atoms with Crippen LogP contribution < -0.4 is 5.32 Å². The van der Waals surface area contributed by atoms with Gasteiger partial charge in [-0.05, 0) is 17.7 Å². The number of carboxylic acid groups (broad SMARTS) is 1. The molecule has 0 saturated carbocycles. The van der Waals surface area contributed by atoms with Gasteiger partial charge in [0.25, 0.3) is 0 Å². The van der Waals surface area contributed by atoms with Crippen molar-refractivity contribution in [2.24, 2.45) is 5.92 Å². The van der Waals surface area contributed by atoms with Gasteiger partial charge in [-0.1, -0.05) is 12.1 Å². The van der Waals surface area contributed by atoms with E-state index in [0.717, 1.165) is 5.56 Å². The van der Waals surface area contributed by atoms with Gasteiger partial charge in [-0.15, -0.1) is 12.4 Å². The lowest BCUT2D eigenvalue weighted by Gasteiger charge is -2.14. The predicted molar refractivity (Wildman–Crippen MR) is 60.4 cm³/mol. The Morgan fingerprint density at radius 2 is 1.94 bits per heavy atom. The molecule has 2 rings (SSSR count). The molecule has 0 radical (unpaired) electrons. The monoisotopic (exact) mass is 245 g/mol. The van der Waals surface area contributed by atoms with Gasteiger partial charge in [0.2, 0.25) is 0 Å². The molecule has 1 aromatic rings. The third-order valence-electron chi connectivity index (χ3n) is 2.83. The van der Waals surface area contributed by atoms with E-state index in [9.17, 15) is 9.18 Å². The number of hydrogen-bond donors (Lipinski definition) is 2. The largest absolute Gasteiger partial charge is 0.481 e. The maximum Gasteiger partial charge on any atom is 0.308 e. The Morgan fingerprint density at radius 1 is 1.31 bits per heavy atom. The van der Waals surface area contributed by atoms with Gasteiger partial charge < -0.3 is 10.4 Å². The van der Waals surface area contributed by atoms with Crippen LogP contribution >= 0.6 is 12.4 Å². The van der Waals surface area contributed by atoms with Gasteiger partial charge >= 0.3 is 5.97 Å². The van der Waals surface area contributed by atoms with E-state index in [1.807, 2.05) is 0 Å². The quantitative estimate of drug-likeness (QED) is 0.833. The van der Waals surface area contributed by atoms with Gasteiger partial charge in [0.1, 0.15) is 5.82 Å². The molecule has 3 nitrogen and oxygen atoms in total. The number of carbonyl (C=O) groups is 1. The van der Waals surface area contributed by atoms with E-state index >= 15 is 0 Å². The minimum absolute atomic E-state index is 0. The SMILES string of the molecule is Cl.O=C(O)[C@@H]1CNC[C@H]1c1ccc(F)cc1. The minimum atomic E-state index is -0.797. The minimum Gasteiger partial charge on any atom is -0.481 e. The molecule has 1 aromatic carbocycles. The zero-order chi connectivity index (χ0) is 10.8. The van der Waals surface area contributed by atoms with Crippen molar-refractivity contribution in [1.29, 1.82) is 0 Å². The zero-order valence-corrected chi connectivity index (χ0v) is 9.34. The van der Waals surface area contributed by atoms with Crippen molar-refractivity contribution in [2.45, 2.75) is 5.92 Å². The van der Waals surface area contributed by atoms with Crippen LogP contribution in [0.5, 0.6) is 0 Å². The lowest BCUT2D eigenvalue weighted by molar-refractivity contribution is -0.141. The van der Waals surface area contributed by atoms with Crippen LogP contribution in [0.2, 0.25) is 0 Å². The summed E-state index contributed by atoms with van der Waals surface area (Å²) >= 11 is 0. The lowest BCUT2D eigenvalue weighted by atomic mass is 9.89. The van der Waals surface area contributed by atoms with Crippen molar-refractivity contribution in [2.75, 3.05) is 13.1 Å². The summed E-state index contributed by atoms with van der Waals surface area (Å²) in [5.41, 5.74) is 0.883. The Kier molecular flexibility index (Phi) is 4.26. The van der Waals surface area contributed by atoms with E-state index in [2.05, 4.69) is 5.32 Å². The normalized spacial score (nSPS) is 23.8. The van der Waals surface area contributed by atoms with Crippen molar-refractivity contribution in [3.8, 4) is 0 Å². The number of carboxylic acids is 1. The predicted octanol–water partition coefficient (Wildman–Crippen LogP) is 1.64. The molecule has 1 heterocycles. The van der Waals surface area contributed by atoms with Crippen molar-refractivity contribution in [3.63, 3.8) is 0 Å². The summed E-state index contributed by atoms with van der Waals surface area (Å²) in [4.78, 5) is 10.9. The molecule has 0 aromatic heterocycles. The number of rotatable bonds is 2. The lowest BCUT2D eigenvalue weighted by Crippen LogP contribution is -2.20. The van der Waals surface area contributed by atoms with Gasteiger partial charge in [-0.2, -0.15) is 0 Å². The maximum atomic E-state index is 12.7. The summed E-state index contributed by atoms with van der Waals surface area (Å²) in [6.07, 6.45) is 0. The van der Waals surface area contributed by atoms with Crippen LogP contribution in [-0.2, 0) is 4.79 Å². The number of hydrogen-bond acceptors (Lipinski definition) is 2. The summed E-state index contributed by atoms with van der Waals surface area (Å²) in [6.45, 7) is 1.12. The zero-order valence-electron chi connectivity index (χ0n) is 8.52. The van der Waals surface area contributed by atoms with Crippen molar-refractivity contribution >= 4 is 18.4 Å². The number of halogens is 2. The van der Waals surface area contributed by atoms with Gasteiger partial charge in [-0.25, -0.2) is 4.39 Å². The molecule has 16 heavy (non-hydrogen) atoms. The number of nitrogens with one attached hydrogen (secondary N) is 1. The van der Waals surface area contributed by atoms with Crippen LogP contribution in [0, 0.1) is 11.7 Å². The smallest absolute Gasteiger partial charge is 0.308 e. The Hall–Kier alpha value is -1.13. The maximum absolute atomic E-state index is 12.7. The Bertz CT molecular complexity index is 369. The third-order valence-corrected chi connectivity index (χ3v) is 2.83. The molecular formula is C11H13ClFNO2. The summed E-state index contributed by atoms with van der Waals surface area (Å²) in [5, 5.41) is 12.0. The van der Waals surface area contributed by atoms with Crippen LogP contribution in [0.25, 0.3) is 0 Å². The fraction of sp³-hybridized carbons (Fsp3) is 0.364. The Labute approximate surface area is 99.1 Å². The second kappa shape index (κ2) is 5.27. The Morgan fingerprint density at radius 3 is 2.50 bits per heavy atom. The van der Waals surface area contributed by atoms with Crippen molar-refractivity contribution < 1.29 is 14.3 Å². The van der Waals surface area contributed by atoms with E-state index in [4.69, 9.17) is 5.11 Å². The molecule has 0 bridgehead atoms. The van der Waals surface area contributed by atoms with Gasteiger partial charge in [0, 0.05) is 19.0 Å². The molecule has 0 aliphatic carbocycles. The number of benzene rings is 1. The first-order chi connectivity index (χ1) is 7.18. The first kappa shape index (κ1) is 12.9. The molecule has 2 N–H and O–H groups in total. The average molecular weight is 246 g/mol. The van der Waals surface area contributed by atoms with Crippen LogP contribution in [0.3, 0.4) is 0 Å². The summed E-state index contributed by atoms with van der Waals surface area (Å²) < 4.78 is 12.7. The molecule has 1 saturated heterocycles. The standard InChI is InChI=1S/C11H12FNO2.ClH/c12-8-3-1-7(2-4-8)9-5-13-6-10(9)11(14)15;/h1-4,9-10,13H,5-6H2,(H,14,15);1H/t9-,10+;/m0./s1. The second-order valence-electron chi connectivity index (χ2n) is 3.76. The highest BCUT2D eigenvalue weighted by Gasteiger charge is 2.33. The van der Waals surface area contributed by atoms with Crippen molar-refractivity contribution in [1.82, 2.24) is 5.32 Å². The second-order valence-corrected chi connectivity index (χ2v) is 3.76. The molecule has 88 valence electrons. The first-order valence-electron chi connectivity index (χ1n) is 4.87. The molecular weight excluding hydrogens is 233 g/mol. The fourth-order valence-electron chi connectivity index (χ4n) is 2.00. The molecule has 0 spiro atoms. The van der Waals surface area contributed by atoms with Crippen LogP contribution in [0.4, 0.5) is 4.39 Å². The molecule has 1 aliphatic heterocycles. The van der Waals surface area contributed by atoms with Crippen molar-refractivity contribution in [3.05, 3.63) is 35.6 Å². The highest BCUT2D eigenvalue weighted by atomic mass is 35.5. The average Bonchev–Trinajstić information content (AvgIpc) is 2.67. The van der Waals surface area contributed by atoms with Gasteiger partial charge in [0.05, 0.1) is 5.92 Å². The van der Waals surface area contributed by atoms with Gasteiger partial charge in [-0.3, -0.25) is 4.79 Å². The summed E-state index contributed by atoms with van der Waals surface area (Å²) in [6, 6.07) is 6.05. The van der Waals surface area contributed by atoms with E-state index in [1.165, 1.54) is 12.1 Å². The van der Waals surface area contributed by atoms with Crippen LogP contribution in [0.1, 0.15) is 11.5 Å². The molecule has 0 amide bonds. The summed E-state index contributed by atoms with van der Waals surface area (Å²) in [7, 11) is 0. The van der Waals surface area contributed by atoms with E-state index in [1.54, 1.807) is 12.1 Å². The topological polar surface area (TPSA) is 49.3 Å². The summed E-state index contributed by atoms with van der Waals surface area (Å²) in [5.74, 6) is -1.55.